The van der Waals surface area contributed by atoms with E-state index in [0.29, 0.717) is 12.0 Å². The molecule has 0 saturated carbocycles. The first kappa shape index (κ1) is 15.4. The molecule has 108 valence electrons. The number of aliphatic imine (C=N–C) groups is 1. The minimum absolute atomic E-state index is 0.0632. The molecule has 0 bridgehead atoms. The number of phenols is 1. The summed E-state index contributed by atoms with van der Waals surface area (Å²) in [5.74, 6) is -0.653. The van der Waals surface area contributed by atoms with Crippen LogP contribution in [0.2, 0.25) is 0 Å². The van der Waals surface area contributed by atoms with Crippen molar-refractivity contribution in [1.29, 1.82) is 0 Å². The van der Waals surface area contributed by atoms with Crippen LogP contribution >= 0.6 is 0 Å². The van der Waals surface area contributed by atoms with Crippen LogP contribution in [0.25, 0.3) is 0 Å². The van der Waals surface area contributed by atoms with Crippen LogP contribution in [0, 0.1) is 0 Å². The molecule has 0 radical (unpaired) electrons. The summed E-state index contributed by atoms with van der Waals surface area (Å²) in [6, 6.07) is 3.34. The molecule has 1 amide bonds. The van der Waals surface area contributed by atoms with Crippen LogP contribution in [0.1, 0.15) is 16.8 Å². The molecule has 8 N–H and O–H groups in total. The Kier molecular flexibility index (Phi) is 5.48. The molecule has 1 aromatic rings. The average Bonchev–Trinajstić information content (AvgIpc) is 2.40. The Morgan fingerprint density at radius 1 is 1.45 bits per heavy atom. The maximum absolute atomic E-state index is 11.8. The SMILES string of the molecule is NC(N)=NCCC(N)C(=O)Nc1ccc(O)c(C=O)c1. The second kappa shape index (κ2) is 7.10. The predicted octanol–water partition coefficient (Wildman–Crippen LogP) is -0.866. The summed E-state index contributed by atoms with van der Waals surface area (Å²) in [5.41, 5.74) is 16.4. The number of phenolic OH excluding ortho intramolecular Hbond substituents is 1. The van der Waals surface area contributed by atoms with Crippen LogP contribution in [0.3, 0.4) is 0 Å². The van der Waals surface area contributed by atoms with Gasteiger partial charge >= 0.3 is 0 Å². The molecule has 8 heteroatoms. The largest absolute Gasteiger partial charge is 0.507 e. The Hall–Kier alpha value is -2.61. The molecule has 0 aliphatic heterocycles. The van der Waals surface area contributed by atoms with E-state index < -0.39 is 11.9 Å². The second-order valence-corrected chi connectivity index (χ2v) is 4.08. The van der Waals surface area contributed by atoms with Gasteiger partial charge in [-0.2, -0.15) is 0 Å². The van der Waals surface area contributed by atoms with Gasteiger partial charge in [-0.25, -0.2) is 0 Å². The van der Waals surface area contributed by atoms with Gasteiger partial charge in [-0.3, -0.25) is 14.6 Å². The number of carbonyl (C=O) groups excluding carboxylic acids is 2. The fourth-order valence-electron chi connectivity index (χ4n) is 1.43. The number of rotatable bonds is 6. The summed E-state index contributed by atoms with van der Waals surface area (Å²) in [6.45, 7) is 0.242. The third-order valence-corrected chi connectivity index (χ3v) is 2.49. The average molecular weight is 279 g/mol. The van der Waals surface area contributed by atoms with Crippen LogP contribution in [0.15, 0.2) is 23.2 Å². The number of nitrogens with two attached hydrogens (primary N) is 3. The quantitative estimate of drug-likeness (QED) is 0.197. The van der Waals surface area contributed by atoms with E-state index in [9.17, 15) is 14.7 Å². The highest BCUT2D eigenvalue weighted by Gasteiger charge is 2.13. The lowest BCUT2D eigenvalue weighted by atomic mass is 10.1. The molecule has 0 spiro atoms. The van der Waals surface area contributed by atoms with E-state index in [2.05, 4.69) is 10.3 Å². The van der Waals surface area contributed by atoms with E-state index in [1.165, 1.54) is 18.2 Å². The van der Waals surface area contributed by atoms with Gasteiger partial charge in [0.2, 0.25) is 5.91 Å². The molecular weight excluding hydrogens is 262 g/mol. The zero-order chi connectivity index (χ0) is 15.1. The van der Waals surface area contributed by atoms with E-state index in [1.807, 2.05) is 0 Å². The number of hydrogen-bond donors (Lipinski definition) is 5. The Labute approximate surface area is 115 Å². The topological polar surface area (TPSA) is 157 Å². The van der Waals surface area contributed by atoms with Crippen molar-refractivity contribution in [3.63, 3.8) is 0 Å². The zero-order valence-corrected chi connectivity index (χ0v) is 10.7. The maximum Gasteiger partial charge on any atom is 0.241 e. The highest BCUT2D eigenvalue weighted by Crippen LogP contribution is 2.19. The lowest BCUT2D eigenvalue weighted by Gasteiger charge is -2.11. The molecule has 1 aromatic carbocycles. The molecule has 0 aromatic heterocycles. The minimum Gasteiger partial charge on any atom is -0.507 e. The normalized spacial score (nSPS) is 11.4. The van der Waals surface area contributed by atoms with Crippen molar-refractivity contribution in [2.24, 2.45) is 22.2 Å². The number of hydrogen-bond acceptors (Lipinski definition) is 5. The molecule has 0 saturated heterocycles. The third kappa shape index (κ3) is 4.58. The number of carbonyl (C=O) groups is 2. The van der Waals surface area contributed by atoms with Crippen molar-refractivity contribution < 1.29 is 14.7 Å². The zero-order valence-electron chi connectivity index (χ0n) is 10.7. The fraction of sp³-hybridized carbons (Fsp3) is 0.250. The molecule has 1 unspecified atom stereocenters. The van der Waals surface area contributed by atoms with E-state index in [1.54, 1.807) is 0 Å². The van der Waals surface area contributed by atoms with Crippen molar-refractivity contribution >= 4 is 23.8 Å². The molecule has 8 nitrogen and oxygen atoms in total. The van der Waals surface area contributed by atoms with E-state index in [0.717, 1.165) is 0 Å². The molecule has 0 fully saturated rings. The van der Waals surface area contributed by atoms with Gasteiger partial charge in [0.25, 0.3) is 0 Å². The molecule has 20 heavy (non-hydrogen) atoms. The number of guanidine groups is 1. The number of aromatic hydroxyl groups is 1. The number of amides is 1. The summed E-state index contributed by atoms with van der Waals surface area (Å²) in [5, 5.41) is 11.9. The van der Waals surface area contributed by atoms with Crippen LogP contribution in [-0.4, -0.2) is 35.8 Å². The van der Waals surface area contributed by atoms with Crippen molar-refractivity contribution in [2.45, 2.75) is 12.5 Å². The molecule has 0 aliphatic carbocycles. The number of aldehydes is 1. The minimum atomic E-state index is -0.786. The number of anilines is 1. The molecule has 0 aliphatic rings. The lowest BCUT2D eigenvalue weighted by molar-refractivity contribution is -0.117. The molecule has 1 atom stereocenters. The predicted molar refractivity (Wildman–Crippen MR) is 75.4 cm³/mol. The number of benzene rings is 1. The summed E-state index contributed by atoms with van der Waals surface area (Å²) >= 11 is 0. The Balaban J connectivity index is 2.61. The first-order valence-corrected chi connectivity index (χ1v) is 5.84. The van der Waals surface area contributed by atoms with Crippen LogP contribution in [0.5, 0.6) is 5.75 Å². The second-order valence-electron chi connectivity index (χ2n) is 4.08. The Morgan fingerprint density at radius 3 is 2.75 bits per heavy atom. The van der Waals surface area contributed by atoms with Crippen molar-refractivity contribution in [2.75, 3.05) is 11.9 Å². The van der Waals surface area contributed by atoms with Crippen molar-refractivity contribution in [3.8, 4) is 5.75 Å². The standard InChI is InChI=1S/C12H17N5O3/c13-9(3-4-16-12(14)15)11(20)17-8-1-2-10(19)7(5-8)6-18/h1-2,5-6,9,19H,3-4,13H2,(H,17,20)(H4,14,15,16). The summed E-state index contributed by atoms with van der Waals surface area (Å²) in [4.78, 5) is 26.2. The highest BCUT2D eigenvalue weighted by molar-refractivity contribution is 5.95. The first-order valence-electron chi connectivity index (χ1n) is 5.84. The van der Waals surface area contributed by atoms with Crippen LogP contribution < -0.4 is 22.5 Å². The number of nitrogens with zero attached hydrogens (tertiary/aromatic N) is 1. The Morgan fingerprint density at radius 2 is 2.15 bits per heavy atom. The van der Waals surface area contributed by atoms with Gasteiger partial charge in [0.1, 0.15) is 5.75 Å². The van der Waals surface area contributed by atoms with Crippen molar-refractivity contribution in [3.05, 3.63) is 23.8 Å². The van der Waals surface area contributed by atoms with Gasteiger partial charge in [-0.1, -0.05) is 0 Å². The fourth-order valence-corrected chi connectivity index (χ4v) is 1.43. The highest BCUT2D eigenvalue weighted by atomic mass is 16.3. The molecule has 0 heterocycles. The van der Waals surface area contributed by atoms with Crippen LogP contribution in [0.4, 0.5) is 5.69 Å². The van der Waals surface area contributed by atoms with Crippen molar-refractivity contribution in [1.82, 2.24) is 0 Å². The van der Waals surface area contributed by atoms with Gasteiger partial charge in [-0.05, 0) is 24.6 Å². The molecule has 1 rings (SSSR count). The number of nitrogens with one attached hydrogen (secondary N) is 1. The molecular formula is C12H17N5O3. The van der Waals surface area contributed by atoms with E-state index >= 15 is 0 Å². The smallest absolute Gasteiger partial charge is 0.241 e. The maximum atomic E-state index is 11.8. The Bertz CT molecular complexity index is 526. The van der Waals surface area contributed by atoms with Crippen LogP contribution in [-0.2, 0) is 4.79 Å². The van der Waals surface area contributed by atoms with Gasteiger partial charge in [0.05, 0.1) is 11.6 Å². The lowest BCUT2D eigenvalue weighted by Crippen LogP contribution is -2.36. The van der Waals surface area contributed by atoms with Gasteiger partial charge in [0, 0.05) is 12.2 Å². The third-order valence-electron chi connectivity index (χ3n) is 2.49. The summed E-state index contributed by atoms with van der Waals surface area (Å²) in [7, 11) is 0. The van der Waals surface area contributed by atoms with Gasteiger partial charge in [-0.15, -0.1) is 0 Å². The van der Waals surface area contributed by atoms with Gasteiger partial charge < -0.3 is 27.6 Å². The summed E-state index contributed by atoms with van der Waals surface area (Å²) in [6.07, 6.45) is 0.770. The van der Waals surface area contributed by atoms with E-state index in [-0.39, 0.29) is 30.2 Å². The van der Waals surface area contributed by atoms with Gasteiger partial charge in [0.15, 0.2) is 12.2 Å². The van der Waals surface area contributed by atoms with E-state index in [4.69, 9.17) is 17.2 Å². The summed E-state index contributed by atoms with van der Waals surface area (Å²) < 4.78 is 0. The first-order chi connectivity index (χ1) is 9.43. The monoisotopic (exact) mass is 279 g/mol.